The first-order valence-corrected chi connectivity index (χ1v) is 8.23. The van der Waals surface area contributed by atoms with Gasteiger partial charge in [-0.05, 0) is 26.2 Å². The second kappa shape index (κ2) is 5.20. The van der Waals surface area contributed by atoms with E-state index in [0.717, 1.165) is 19.3 Å². The minimum atomic E-state index is -0.268. The van der Waals surface area contributed by atoms with E-state index in [1.807, 2.05) is 6.92 Å². The van der Waals surface area contributed by atoms with Crippen molar-refractivity contribution in [3.63, 3.8) is 0 Å². The van der Waals surface area contributed by atoms with Crippen LogP contribution >= 0.6 is 31.9 Å². The predicted octanol–water partition coefficient (Wildman–Crippen LogP) is 4.11. The van der Waals surface area contributed by atoms with Gasteiger partial charge in [-0.15, -0.1) is 0 Å². The van der Waals surface area contributed by atoms with E-state index >= 15 is 0 Å². The van der Waals surface area contributed by atoms with Crippen molar-refractivity contribution in [3.05, 3.63) is 0 Å². The van der Waals surface area contributed by atoms with Crippen molar-refractivity contribution in [1.82, 2.24) is 5.32 Å². The summed E-state index contributed by atoms with van der Waals surface area (Å²) in [6.07, 6.45) is 9.71. The molecule has 98 valence electrons. The van der Waals surface area contributed by atoms with Gasteiger partial charge < -0.3 is 5.32 Å². The molecule has 0 aromatic heterocycles. The highest BCUT2D eigenvalue weighted by Crippen LogP contribution is 2.66. The van der Waals surface area contributed by atoms with Crippen LogP contribution in [0.3, 0.4) is 0 Å². The third-order valence-electron chi connectivity index (χ3n) is 4.20. The molecule has 0 aliphatic heterocycles. The molecule has 0 unspecified atom stereocenters. The highest BCUT2D eigenvalue weighted by molar-refractivity contribution is 9.25. The Bertz CT molecular complexity index is 298. The van der Waals surface area contributed by atoms with Crippen LogP contribution in [0.25, 0.3) is 0 Å². The quantitative estimate of drug-likeness (QED) is 0.732. The van der Waals surface area contributed by atoms with Crippen LogP contribution in [0, 0.1) is 5.41 Å². The van der Waals surface area contributed by atoms with Gasteiger partial charge >= 0.3 is 0 Å². The smallest absolute Gasteiger partial charge is 0.228 e. The molecule has 1 amide bonds. The van der Waals surface area contributed by atoms with Gasteiger partial charge in [-0.3, -0.25) is 4.79 Å². The van der Waals surface area contributed by atoms with Crippen LogP contribution in [-0.4, -0.2) is 15.2 Å². The summed E-state index contributed by atoms with van der Waals surface area (Å²) in [4.78, 5) is 12.2. The van der Waals surface area contributed by atoms with E-state index in [4.69, 9.17) is 0 Å². The van der Waals surface area contributed by atoms with E-state index in [1.165, 1.54) is 32.1 Å². The largest absolute Gasteiger partial charge is 0.353 e. The van der Waals surface area contributed by atoms with Crippen molar-refractivity contribution in [2.75, 3.05) is 0 Å². The summed E-state index contributed by atoms with van der Waals surface area (Å²) in [6.45, 7) is 2.02. The standard InChI is InChI=1S/C13H21Br2NO/c1-12(9-13(12,14)15)11(17)16-10-7-5-3-2-4-6-8-10/h10H,2-9H2,1H3,(H,16,17)/t12-/m1/s1. The lowest BCUT2D eigenvalue weighted by atomic mass is 9.96. The van der Waals surface area contributed by atoms with Gasteiger partial charge in [0.05, 0.1) is 8.65 Å². The molecule has 0 aromatic rings. The minimum absolute atomic E-state index is 0.168. The van der Waals surface area contributed by atoms with E-state index in [0.29, 0.717) is 6.04 Å². The second-order valence-electron chi connectivity index (χ2n) is 5.73. The van der Waals surface area contributed by atoms with E-state index in [-0.39, 0.29) is 14.6 Å². The lowest BCUT2D eigenvalue weighted by Crippen LogP contribution is -2.40. The Hall–Kier alpha value is 0.430. The van der Waals surface area contributed by atoms with Crippen LogP contribution in [0.1, 0.15) is 58.3 Å². The average Bonchev–Trinajstić information content (AvgIpc) is 2.71. The zero-order valence-corrected chi connectivity index (χ0v) is 13.6. The summed E-state index contributed by atoms with van der Waals surface area (Å²) in [5.41, 5.74) is -0.268. The van der Waals surface area contributed by atoms with Gasteiger partial charge in [0.2, 0.25) is 5.91 Å². The molecule has 0 bridgehead atoms. The highest BCUT2D eigenvalue weighted by Gasteiger charge is 2.66. The van der Waals surface area contributed by atoms with Crippen LogP contribution < -0.4 is 5.32 Å². The molecular formula is C13H21Br2NO. The van der Waals surface area contributed by atoms with E-state index < -0.39 is 0 Å². The highest BCUT2D eigenvalue weighted by atomic mass is 79.9. The number of hydrogen-bond acceptors (Lipinski definition) is 1. The molecule has 2 aliphatic carbocycles. The molecule has 0 saturated heterocycles. The Kier molecular flexibility index (Phi) is 4.24. The van der Waals surface area contributed by atoms with Gasteiger partial charge in [0.1, 0.15) is 0 Å². The monoisotopic (exact) mass is 365 g/mol. The second-order valence-corrected chi connectivity index (χ2v) is 9.50. The minimum Gasteiger partial charge on any atom is -0.353 e. The van der Waals surface area contributed by atoms with E-state index in [1.54, 1.807) is 0 Å². The topological polar surface area (TPSA) is 29.1 Å². The van der Waals surface area contributed by atoms with Crippen molar-refractivity contribution in [2.24, 2.45) is 5.41 Å². The summed E-state index contributed by atoms with van der Waals surface area (Å²) in [5.74, 6) is 0.205. The Morgan fingerprint density at radius 3 is 2.06 bits per heavy atom. The van der Waals surface area contributed by atoms with E-state index in [2.05, 4.69) is 37.2 Å². The molecule has 4 heteroatoms. The number of alkyl halides is 2. The van der Waals surface area contributed by atoms with Gasteiger partial charge in [0.25, 0.3) is 0 Å². The van der Waals surface area contributed by atoms with Gasteiger partial charge in [0, 0.05) is 6.04 Å². The Morgan fingerprint density at radius 1 is 1.12 bits per heavy atom. The Balaban J connectivity index is 1.85. The molecule has 2 nitrogen and oxygen atoms in total. The average molecular weight is 367 g/mol. The number of carbonyl (C=O) groups excluding carboxylic acids is 1. The molecule has 2 fully saturated rings. The van der Waals surface area contributed by atoms with Gasteiger partial charge in [-0.1, -0.05) is 64.0 Å². The zero-order chi connectivity index (χ0) is 12.5. The number of hydrogen-bond donors (Lipinski definition) is 1. The van der Waals surface area contributed by atoms with Crippen LogP contribution in [0.2, 0.25) is 0 Å². The Labute approximate surface area is 121 Å². The summed E-state index contributed by atoms with van der Waals surface area (Å²) in [6, 6.07) is 0.399. The van der Waals surface area contributed by atoms with Gasteiger partial charge in [-0.25, -0.2) is 0 Å². The summed E-state index contributed by atoms with van der Waals surface area (Å²) in [5, 5.41) is 3.25. The molecule has 1 N–H and O–H groups in total. The summed E-state index contributed by atoms with van der Waals surface area (Å²) >= 11 is 7.12. The van der Waals surface area contributed by atoms with Gasteiger partial charge in [0.15, 0.2) is 0 Å². The normalized spacial score (nSPS) is 33.6. The number of carbonyl (C=O) groups is 1. The first kappa shape index (κ1) is 13.9. The maximum Gasteiger partial charge on any atom is 0.228 e. The third kappa shape index (κ3) is 3.06. The fourth-order valence-corrected chi connectivity index (χ4v) is 4.07. The van der Waals surface area contributed by atoms with Crippen LogP contribution in [0.4, 0.5) is 0 Å². The first-order valence-electron chi connectivity index (χ1n) is 6.64. The van der Waals surface area contributed by atoms with Crippen molar-refractivity contribution in [1.29, 1.82) is 0 Å². The molecular weight excluding hydrogens is 346 g/mol. The molecule has 0 radical (unpaired) electrons. The van der Waals surface area contributed by atoms with Crippen LogP contribution in [0.5, 0.6) is 0 Å². The third-order valence-corrected chi connectivity index (χ3v) is 6.51. The number of halogens is 2. The Morgan fingerprint density at radius 2 is 1.59 bits per heavy atom. The van der Waals surface area contributed by atoms with Crippen LogP contribution in [-0.2, 0) is 4.79 Å². The molecule has 0 aromatic carbocycles. The zero-order valence-electron chi connectivity index (χ0n) is 10.4. The molecule has 17 heavy (non-hydrogen) atoms. The van der Waals surface area contributed by atoms with Crippen molar-refractivity contribution < 1.29 is 4.79 Å². The van der Waals surface area contributed by atoms with Crippen LogP contribution in [0.15, 0.2) is 0 Å². The van der Waals surface area contributed by atoms with E-state index in [9.17, 15) is 4.79 Å². The summed E-state index contributed by atoms with van der Waals surface area (Å²) < 4.78 is -0.168. The lowest BCUT2D eigenvalue weighted by Gasteiger charge is -2.23. The molecule has 2 rings (SSSR count). The molecule has 2 aliphatic rings. The maximum atomic E-state index is 12.2. The van der Waals surface area contributed by atoms with Crippen molar-refractivity contribution in [2.45, 2.75) is 67.6 Å². The number of rotatable bonds is 2. The summed E-state index contributed by atoms with van der Waals surface area (Å²) in [7, 11) is 0. The van der Waals surface area contributed by atoms with Crippen molar-refractivity contribution in [3.8, 4) is 0 Å². The first-order chi connectivity index (χ1) is 7.96. The molecule has 0 heterocycles. The van der Waals surface area contributed by atoms with Crippen molar-refractivity contribution >= 4 is 37.8 Å². The van der Waals surface area contributed by atoms with Gasteiger partial charge in [-0.2, -0.15) is 0 Å². The number of nitrogens with one attached hydrogen (secondary N) is 1. The SMILES string of the molecule is C[C@]1(C(=O)NC2CCCCCCC2)CC1(Br)Br. The molecule has 1 atom stereocenters. The molecule has 0 spiro atoms. The lowest BCUT2D eigenvalue weighted by molar-refractivity contribution is -0.126. The molecule has 2 saturated carbocycles. The maximum absolute atomic E-state index is 12.2. The predicted molar refractivity (Wildman–Crippen MR) is 77.6 cm³/mol. The fourth-order valence-electron chi connectivity index (χ4n) is 2.59. The fraction of sp³-hybridized carbons (Fsp3) is 0.923. The number of amides is 1.